The molecule has 1 fully saturated rings. The van der Waals surface area contributed by atoms with E-state index in [9.17, 15) is 0 Å². The SMILES string of the molecule is CCC(c1cccs1)N1CCNC(C)(c2ccccc2)C1. The molecule has 112 valence electrons. The molecule has 2 atom stereocenters. The van der Waals surface area contributed by atoms with Gasteiger partial charge in [-0.15, -0.1) is 11.3 Å². The Bertz CT molecular complexity index is 552. The van der Waals surface area contributed by atoms with Crippen LogP contribution in [-0.4, -0.2) is 24.5 Å². The molecule has 0 radical (unpaired) electrons. The molecule has 0 bridgehead atoms. The molecular formula is C18H24N2S. The van der Waals surface area contributed by atoms with Crippen molar-refractivity contribution < 1.29 is 0 Å². The second-order valence-electron chi connectivity index (χ2n) is 6.03. The number of piperazine rings is 1. The van der Waals surface area contributed by atoms with E-state index in [1.807, 2.05) is 11.3 Å². The minimum absolute atomic E-state index is 0.0458. The molecule has 1 N–H and O–H groups in total. The van der Waals surface area contributed by atoms with Gasteiger partial charge in [0.05, 0.1) is 5.54 Å². The molecule has 1 aliphatic rings. The van der Waals surface area contributed by atoms with E-state index in [-0.39, 0.29) is 5.54 Å². The van der Waals surface area contributed by atoms with Crippen LogP contribution in [0, 0.1) is 0 Å². The van der Waals surface area contributed by atoms with Gasteiger partial charge in [0, 0.05) is 30.6 Å². The molecule has 2 aromatic rings. The number of hydrogen-bond donors (Lipinski definition) is 1. The number of nitrogens with zero attached hydrogens (tertiary/aromatic N) is 1. The molecule has 0 amide bonds. The second-order valence-corrected chi connectivity index (χ2v) is 7.01. The summed E-state index contributed by atoms with van der Waals surface area (Å²) in [5.74, 6) is 0. The third-order valence-corrected chi connectivity index (χ3v) is 5.52. The fourth-order valence-corrected chi connectivity index (χ4v) is 4.35. The summed E-state index contributed by atoms with van der Waals surface area (Å²) in [6.07, 6.45) is 1.17. The van der Waals surface area contributed by atoms with Gasteiger partial charge in [-0.25, -0.2) is 0 Å². The average Bonchev–Trinajstić information content (AvgIpc) is 3.03. The van der Waals surface area contributed by atoms with E-state index < -0.39 is 0 Å². The van der Waals surface area contributed by atoms with Crippen LogP contribution in [-0.2, 0) is 5.54 Å². The van der Waals surface area contributed by atoms with Crippen LogP contribution in [0.15, 0.2) is 47.8 Å². The molecule has 0 saturated carbocycles. The van der Waals surface area contributed by atoms with Crippen molar-refractivity contribution in [3.05, 3.63) is 58.3 Å². The van der Waals surface area contributed by atoms with E-state index in [2.05, 4.69) is 71.9 Å². The first-order valence-corrected chi connectivity index (χ1v) is 8.69. The van der Waals surface area contributed by atoms with Gasteiger partial charge in [0.1, 0.15) is 0 Å². The van der Waals surface area contributed by atoms with Crippen molar-refractivity contribution in [3.63, 3.8) is 0 Å². The van der Waals surface area contributed by atoms with Crippen LogP contribution in [0.1, 0.15) is 36.8 Å². The van der Waals surface area contributed by atoms with Crippen molar-refractivity contribution in [2.75, 3.05) is 19.6 Å². The zero-order valence-electron chi connectivity index (χ0n) is 12.9. The van der Waals surface area contributed by atoms with Gasteiger partial charge in [-0.3, -0.25) is 4.90 Å². The van der Waals surface area contributed by atoms with Crippen molar-refractivity contribution in [1.82, 2.24) is 10.2 Å². The number of nitrogens with one attached hydrogen (secondary N) is 1. The quantitative estimate of drug-likeness (QED) is 0.917. The molecule has 3 rings (SSSR count). The monoisotopic (exact) mass is 300 g/mol. The fraction of sp³-hybridized carbons (Fsp3) is 0.444. The predicted octanol–water partition coefficient (Wildman–Crippen LogP) is 4.02. The molecule has 1 aromatic heterocycles. The topological polar surface area (TPSA) is 15.3 Å². The molecule has 3 heteroatoms. The van der Waals surface area contributed by atoms with Crippen LogP contribution in [0.3, 0.4) is 0 Å². The van der Waals surface area contributed by atoms with Crippen LogP contribution in [0.5, 0.6) is 0 Å². The van der Waals surface area contributed by atoms with Crippen molar-refractivity contribution in [2.24, 2.45) is 0 Å². The summed E-state index contributed by atoms with van der Waals surface area (Å²) in [7, 11) is 0. The first-order valence-electron chi connectivity index (χ1n) is 7.81. The first-order chi connectivity index (χ1) is 10.2. The van der Waals surface area contributed by atoms with Gasteiger partial charge in [0.15, 0.2) is 0 Å². The minimum atomic E-state index is 0.0458. The number of hydrogen-bond acceptors (Lipinski definition) is 3. The Morgan fingerprint density at radius 3 is 2.71 bits per heavy atom. The van der Waals surface area contributed by atoms with Gasteiger partial charge in [-0.2, -0.15) is 0 Å². The van der Waals surface area contributed by atoms with Crippen LogP contribution < -0.4 is 5.32 Å². The number of rotatable bonds is 4. The summed E-state index contributed by atoms with van der Waals surface area (Å²) in [5, 5.41) is 5.92. The van der Waals surface area contributed by atoms with Gasteiger partial charge in [0.2, 0.25) is 0 Å². The Morgan fingerprint density at radius 1 is 1.24 bits per heavy atom. The maximum Gasteiger partial charge on any atom is 0.0535 e. The van der Waals surface area contributed by atoms with Gasteiger partial charge < -0.3 is 5.32 Å². The summed E-state index contributed by atoms with van der Waals surface area (Å²) >= 11 is 1.88. The molecule has 1 aliphatic heterocycles. The highest BCUT2D eigenvalue weighted by Crippen LogP contribution is 2.33. The fourth-order valence-electron chi connectivity index (χ4n) is 3.40. The smallest absolute Gasteiger partial charge is 0.0535 e. The highest BCUT2D eigenvalue weighted by Gasteiger charge is 2.35. The van der Waals surface area contributed by atoms with Crippen molar-refractivity contribution in [2.45, 2.75) is 31.8 Å². The molecule has 1 aromatic carbocycles. The molecule has 1 saturated heterocycles. The van der Waals surface area contributed by atoms with Gasteiger partial charge in [-0.1, -0.05) is 43.3 Å². The second kappa shape index (κ2) is 6.30. The first kappa shape index (κ1) is 14.8. The summed E-state index contributed by atoms with van der Waals surface area (Å²) in [6, 6.07) is 15.8. The zero-order valence-corrected chi connectivity index (χ0v) is 13.7. The van der Waals surface area contributed by atoms with Gasteiger partial charge in [-0.05, 0) is 30.4 Å². The Morgan fingerprint density at radius 2 is 2.05 bits per heavy atom. The summed E-state index contributed by atoms with van der Waals surface area (Å²) in [6.45, 7) is 7.86. The minimum Gasteiger partial charge on any atom is -0.305 e. The highest BCUT2D eigenvalue weighted by atomic mass is 32.1. The Labute approximate surface area is 131 Å². The van der Waals surface area contributed by atoms with Crippen LogP contribution in [0.25, 0.3) is 0 Å². The molecule has 2 nitrogen and oxygen atoms in total. The van der Waals surface area contributed by atoms with Crippen LogP contribution in [0.4, 0.5) is 0 Å². The largest absolute Gasteiger partial charge is 0.305 e. The van der Waals surface area contributed by atoms with Crippen molar-refractivity contribution >= 4 is 11.3 Å². The van der Waals surface area contributed by atoms with E-state index in [1.54, 1.807) is 0 Å². The van der Waals surface area contributed by atoms with E-state index >= 15 is 0 Å². The Balaban J connectivity index is 1.82. The third kappa shape index (κ3) is 3.05. The van der Waals surface area contributed by atoms with E-state index in [0.717, 1.165) is 19.6 Å². The lowest BCUT2D eigenvalue weighted by Crippen LogP contribution is -2.57. The summed E-state index contributed by atoms with van der Waals surface area (Å²) < 4.78 is 0. The van der Waals surface area contributed by atoms with Gasteiger partial charge in [0.25, 0.3) is 0 Å². The van der Waals surface area contributed by atoms with E-state index in [1.165, 1.54) is 16.9 Å². The van der Waals surface area contributed by atoms with Crippen molar-refractivity contribution in [1.29, 1.82) is 0 Å². The molecular weight excluding hydrogens is 276 g/mol. The molecule has 21 heavy (non-hydrogen) atoms. The van der Waals surface area contributed by atoms with Crippen LogP contribution in [0.2, 0.25) is 0 Å². The lowest BCUT2D eigenvalue weighted by Gasteiger charge is -2.44. The normalized spacial score (nSPS) is 24.9. The Hall–Kier alpha value is -1.16. The molecule has 2 heterocycles. The maximum absolute atomic E-state index is 3.73. The highest BCUT2D eigenvalue weighted by molar-refractivity contribution is 7.10. The van der Waals surface area contributed by atoms with Crippen LogP contribution >= 0.6 is 11.3 Å². The third-order valence-electron chi connectivity index (χ3n) is 4.54. The summed E-state index contributed by atoms with van der Waals surface area (Å²) in [4.78, 5) is 4.14. The molecule has 0 aliphatic carbocycles. The standard InChI is InChI=1S/C18H24N2S/c1-3-16(17-10-7-13-21-17)20-12-11-19-18(2,14-20)15-8-5-4-6-9-15/h4-10,13,16,19H,3,11-12,14H2,1-2H3. The van der Waals surface area contributed by atoms with Gasteiger partial charge >= 0.3 is 0 Å². The van der Waals surface area contributed by atoms with E-state index in [0.29, 0.717) is 6.04 Å². The molecule has 2 unspecified atom stereocenters. The van der Waals surface area contributed by atoms with Crippen molar-refractivity contribution in [3.8, 4) is 0 Å². The Kier molecular flexibility index (Phi) is 4.43. The predicted molar refractivity (Wildman–Crippen MR) is 90.7 cm³/mol. The number of thiophene rings is 1. The van der Waals surface area contributed by atoms with E-state index in [4.69, 9.17) is 0 Å². The molecule has 0 spiro atoms. The lowest BCUT2D eigenvalue weighted by molar-refractivity contribution is 0.0981. The number of benzene rings is 1. The summed E-state index contributed by atoms with van der Waals surface area (Å²) in [5.41, 5.74) is 1.43. The maximum atomic E-state index is 3.73. The lowest BCUT2D eigenvalue weighted by atomic mass is 9.89. The average molecular weight is 300 g/mol. The zero-order chi connectivity index (χ0) is 14.7.